The largest absolute Gasteiger partial charge is 0.478 e. The Balaban J connectivity index is 1.83. The number of benzene rings is 3. The molecule has 0 saturated carbocycles. The normalized spacial score (nSPS) is 18.6. The lowest BCUT2D eigenvalue weighted by molar-refractivity contribution is 0.0686. The number of rotatable bonds is 2. The van der Waals surface area contributed by atoms with Crippen molar-refractivity contribution in [1.29, 1.82) is 0 Å². The fraction of sp³-hybridized carbons (Fsp3) is 0.0909. The molecular formula is C22H14O4. The van der Waals surface area contributed by atoms with Crippen LogP contribution in [0.3, 0.4) is 0 Å². The van der Waals surface area contributed by atoms with Gasteiger partial charge in [0, 0.05) is 11.8 Å². The molecule has 0 unspecified atom stereocenters. The van der Waals surface area contributed by atoms with Gasteiger partial charge >= 0.3 is 11.9 Å². The van der Waals surface area contributed by atoms with Crippen molar-refractivity contribution in [1.82, 2.24) is 0 Å². The topological polar surface area (TPSA) is 74.6 Å². The van der Waals surface area contributed by atoms with Crippen LogP contribution in [-0.4, -0.2) is 22.2 Å². The van der Waals surface area contributed by atoms with Gasteiger partial charge in [0.25, 0.3) is 0 Å². The van der Waals surface area contributed by atoms with Gasteiger partial charge in [0.05, 0.1) is 11.1 Å². The van der Waals surface area contributed by atoms with Gasteiger partial charge in [-0.2, -0.15) is 0 Å². The van der Waals surface area contributed by atoms with Crippen molar-refractivity contribution in [3.05, 3.63) is 105 Å². The van der Waals surface area contributed by atoms with E-state index in [0.29, 0.717) is 0 Å². The third-order valence-corrected chi connectivity index (χ3v) is 5.53. The number of carbonyl (C=O) groups is 2. The SMILES string of the molecule is O=C(O)c1ccc2c(c1)C1c3ccccc3C2c2ccc(C(=O)O)cc21. The van der Waals surface area contributed by atoms with Crippen molar-refractivity contribution in [2.24, 2.45) is 0 Å². The number of hydrogen-bond acceptors (Lipinski definition) is 2. The van der Waals surface area contributed by atoms with Gasteiger partial charge < -0.3 is 10.2 Å². The van der Waals surface area contributed by atoms with E-state index in [-0.39, 0.29) is 23.0 Å². The first-order valence-corrected chi connectivity index (χ1v) is 8.39. The lowest BCUT2D eigenvalue weighted by Crippen LogP contribution is -2.28. The Kier molecular flexibility index (Phi) is 2.89. The zero-order valence-electron chi connectivity index (χ0n) is 13.6. The highest BCUT2D eigenvalue weighted by Gasteiger charge is 2.41. The molecule has 26 heavy (non-hydrogen) atoms. The summed E-state index contributed by atoms with van der Waals surface area (Å²) in [5.41, 5.74) is 6.98. The van der Waals surface area contributed by atoms with Crippen LogP contribution in [0.5, 0.6) is 0 Å². The van der Waals surface area contributed by atoms with E-state index in [2.05, 4.69) is 12.1 Å². The highest BCUT2D eigenvalue weighted by atomic mass is 16.4. The molecule has 3 aromatic rings. The molecule has 2 bridgehead atoms. The van der Waals surface area contributed by atoms with Crippen LogP contribution >= 0.6 is 0 Å². The van der Waals surface area contributed by atoms with Gasteiger partial charge in [-0.05, 0) is 57.6 Å². The van der Waals surface area contributed by atoms with Crippen LogP contribution in [0.25, 0.3) is 0 Å². The Labute approximate surface area is 149 Å². The zero-order valence-corrected chi connectivity index (χ0v) is 13.6. The number of aromatic carboxylic acids is 2. The second-order valence-corrected chi connectivity index (χ2v) is 6.79. The predicted molar refractivity (Wildman–Crippen MR) is 95.1 cm³/mol. The number of hydrogen-bond donors (Lipinski definition) is 2. The molecule has 0 atom stereocenters. The molecule has 4 nitrogen and oxygen atoms in total. The first-order chi connectivity index (χ1) is 12.6. The van der Waals surface area contributed by atoms with Gasteiger partial charge in [0.1, 0.15) is 0 Å². The summed E-state index contributed by atoms with van der Waals surface area (Å²) in [4.78, 5) is 22.9. The molecule has 0 spiro atoms. The van der Waals surface area contributed by atoms with E-state index in [4.69, 9.17) is 0 Å². The monoisotopic (exact) mass is 342 g/mol. The van der Waals surface area contributed by atoms with E-state index in [0.717, 1.165) is 27.8 Å². The van der Waals surface area contributed by atoms with Crippen LogP contribution in [0.4, 0.5) is 0 Å². The van der Waals surface area contributed by atoms with Crippen molar-refractivity contribution in [3.63, 3.8) is 0 Å². The smallest absolute Gasteiger partial charge is 0.335 e. The maximum atomic E-state index is 11.4. The first kappa shape index (κ1) is 14.9. The fourth-order valence-corrected chi connectivity index (χ4v) is 4.48. The molecule has 0 saturated heterocycles. The molecule has 0 radical (unpaired) electrons. The Morgan fingerprint density at radius 3 is 1.38 bits per heavy atom. The molecule has 126 valence electrons. The summed E-state index contributed by atoms with van der Waals surface area (Å²) in [6.07, 6.45) is 0. The molecule has 3 aromatic carbocycles. The van der Waals surface area contributed by atoms with Gasteiger partial charge in [0.15, 0.2) is 0 Å². The zero-order chi connectivity index (χ0) is 18.0. The van der Waals surface area contributed by atoms with Crippen molar-refractivity contribution in [2.45, 2.75) is 11.8 Å². The highest BCUT2D eigenvalue weighted by Crippen LogP contribution is 2.55. The molecule has 0 amide bonds. The Morgan fingerprint density at radius 2 is 0.962 bits per heavy atom. The molecule has 6 rings (SSSR count). The standard InChI is InChI=1S/C22H14O4/c23-21(24)11-5-7-15-17(9-11)20-14-4-2-1-3-13(14)19(15)16-8-6-12(22(25)26)10-18(16)20/h1-10,19-20H,(H,23,24)(H,25,26). The Morgan fingerprint density at radius 1 is 0.577 bits per heavy atom. The van der Waals surface area contributed by atoms with E-state index in [1.54, 1.807) is 24.3 Å². The molecule has 0 aliphatic heterocycles. The number of carboxylic acid groups (broad SMARTS) is 2. The Hall–Kier alpha value is -3.40. The summed E-state index contributed by atoms with van der Waals surface area (Å²) in [7, 11) is 0. The molecule has 0 fully saturated rings. The molecule has 0 aromatic heterocycles. The number of carboxylic acids is 2. The second kappa shape index (κ2) is 5.05. The summed E-state index contributed by atoms with van der Waals surface area (Å²) in [6.45, 7) is 0. The third kappa shape index (κ3) is 1.84. The van der Waals surface area contributed by atoms with Crippen molar-refractivity contribution in [2.75, 3.05) is 0 Å². The van der Waals surface area contributed by atoms with E-state index < -0.39 is 11.9 Å². The molecule has 2 N–H and O–H groups in total. The minimum Gasteiger partial charge on any atom is -0.478 e. The van der Waals surface area contributed by atoms with Crippen LogP contribution in [0, 0.1) is 0 Å². The summed E-state index contributed by atoms with van der Waals surface area (Å²) >= 11 is 0. The van der Waals surface area contributed by atoms with Crippen LogP contribution < -0.4 is 0 Å². The Bertz CT molecular complexity index is 1050. The molecule has 3 aliphatic carbocycles. The van der Waals surface area contributed by atoms with E-state index >= 15 is 0 Å². The van der Waals surface area contributed by atoms with Gasteiger partial charge in [-0.25, -0.2) is 9.59 Å². The summed E-state index contributed by atoms with van der Waals surface area (Å²) in [5, 5.41) is 18.8. The fourth-order valence-electron chi connectivity index (χ4n) is 4.48. The van der Waals surface area contributed by atoms with E-state index in [9.17, 15) is 19.8 Å². The van der Waals surface area contributed by atoms with Crippen molar-refractivity contribution in [3.8, 4) is 0 Å². The molecule has 0 heterocycles. The minimum atomic E-state index is -0.956. The van der Waals surface area contributed by atoms with E-state index in [1.165, 1.54) is 5.56 Å². The lowest BCUT2D eigenvalue weighted by atomic mass is 9.61. The third-order valence-electron chi connectivity index (χ3n) is 5.53. The summed E-state index contributed by atoms with van der Waals surface area (Å²) in [5.74, 6) is -2.05. The first-order valence-electron chi connectivity index (χ1n) is 8.39. The van der Waals surface area contributed by atoms with Gasteiger partial charge in [-0.3, -0.25) is 0 Å². The summed E-state index contributed by atoms with van der Waals surface area (Å²) in [6, 6.07) is 18.7. The van der Waals surface area contributed by atoms with Crippen molar-refractivity contribution >= 4 is 11.9 Å². The maximum Gasteiger partial charge on any atom is 0.335 e. The second-order valence-electron chi connectivity index (χ2n) is 6.79. The van der Waals surface area contributed by atoms with Crippen LogP contribution in [-0.2, 0) is 0 Å². The van der Waals surface area contributed by atoms with Crippen LogP contribution in [0.15, 0.2) is 60.7 Å². The molecule has 4 heteroatoms. The van der Waals surface area contributed by atoms with Gasteiger partial charge in [-0.1, -0.05) is 36.4 Å². The van der Waals surface area contributed by atoms with Gasteiger partial charge in [0.2, 0.25) is 0 Å². The lowest BCUT2D eigenvalue weighted by Gasteiger charge is -2.42. The summed E-state index contributed by atoms with van der Waals surface area (Å²) < 4.78 is 0. The molecule has 3 aliphatic rings. The minimum absolute atomic E-state index is 0.00638. The quantitative estimate of drug-likeness (QED) is 0.507. The van der Waals surface area contributed by atoms with E-state index in [1.807, 2.05) is 24.3 Å². The van der Waals surface area contributed by atoms with Crippen LogP contribution in [0.2, 0.25) is 0 Å². The maximum absolute atomic E-state index is 11.4. The molecular weight excluding hydrogens is 328 g/mol. The predicted octanol–water partition coefficient (Wildman–Crippen LogP) is 4.07. The average molecular weight is 342 g/mol. The van der Waals surface area contributed by atoms with Crippen molar-refractivity contribution < 1.29 is 19.8 Å². The highest BCUT2D eigenvalue weighted by molar-refractivity contribution is 5.90. The van der Waals surface area contributed by atoms with Gasteiger partial charge in [-0.15, -0.1) is 0 Å². The average Bonchev–Trinajstić information content (AvgIpc) is 2.66. The van der Waals surface area contributed by atoms with Crippen LogP contribution in [0.1, 0.15) is 65.9 Å².